The van der Waals surface area contributed by atoms with Crippen LogP contribution in [0.25, 0.3) is 0 Å². The zero-order valence-electron chi connectivity index (χ0n) is 8.94. The largest absolute Gasteiger partial charge is 0.496 e. The van der Waals surface area contributed by atoms with Gasteiger partial charge in [0.2, 0.25) is 0 Å². The molecular weight excluding hydrogens is 304 g/mol. The third-order valence-corrected chi connectivity index (χ3v) is 3.28. The molecule has 0 saturated heterocycles. The molecule has 0 aliphatic rings. The van der Waals surface area contributed by atoms with Crippen molar-refractivity contribution in [1.29, 1.82) is 0 Å². The van der Waals surface area contributed by atoms with Gasteiger partial charge in [-0.25, -0.2) is 4.98 Å². The number of halogens is 1. The minimum absolute atomic E-state index is 0.219. The summed E-state index contributed by atoms with van der Waals surface area (Å²) in [6.45, 7) is 0. The maximum Gasteiger partial charge on any atom is 0.275 e. The van der Waals surface area contributed by atoms with Crippen LogP contribution in [0.1, 0.15) is 10.5 Å². The lowest BCUT2D eigenvalue weighted by Crippen LogP contribution is -2.12. The third-order valence-electron chi connectivity index (χ3n) is 2.07. The predicted molar refractivity (Wildman–Crippen MR) is 70.8 cm³/mol. The Hall–Kier alpha value is -1.40. The maximum absolute atomic E-state index is 11.7. The summed E-state index contributed by atoms with van der Waals surface area (Å²) in [6.07, 6.45) is 0. The summed E-state index contributed by atoms with van der Waals surface area (Å²) >= 11 is 4.74. The lowest BCUT2D eigenvalue weighted by molar-refractivity contribution is 0.102. The molecule has 88 valence electrons. The first-order valence-corrected chi connectivity index (χ1v) is 6.47. The van der Waals surface area contributed by atoms with Gasteiger partial charge in [0.05, 0.1) is 17.1 Å². The highest BCUT2D eigenvalue weighted by molar-refractivity contribution is 9.10. The second-order valence-electron chi connectivity index (χ2n) is 3.18. The van der Waals surface area contributed by atoms with Crippen LogP contribution in [0, 0.1) is 0 Å². The van der Waals surface area contributed by atoms with Gasteiger partial charge in [-0.1, -0.05) is 0 Å². The molecule has 1 aromatic heterocycles. The normalized spacial score (nSPS) is 10.0. The molecule has 0 saturated carbocycles. The molecule has 0 fully saturated rings. The Morgan fingerprint density at radius 3 is 2.94 bits per heavy atom. The molecule has 1 aromatic carbocycles. The molecule has 0 bridgehead atoms. The number of methoxy groups -OCH3 is 1. The maximum atomic E-state index is 11.7. The van der Waals surface area contributed by atoms with Gasteiger partial charge in [-0.15, -0.1) is 11.3 Å². The molecular formula is C11H9BrN2O2S. The van der Waals surface area contributed by atoms with Crippen molar-refractivity contribution in [2.75, 3.05) is 12.4 Å². The van der Waals surface area contributed by atoms with E-state index in [0.717, 1.165) is 10.2 Å². The van der Waals surface area contributed by atoms with Crippen LogP contribution in [0.2, 0.25) is 0 Å². The van der Waals surface area contributed by atoms with E-state index in [0.29, 0.717) is 11.4 Å². The molecule has 0 aliphatic heterocycles. The van der Waals surface area contributed by atoms with Crippen molar-refractivity contribution in [3.63, 3.8) is 0 Å². The Morgan fingerprint density at radius 1 is 1.53 bits per heavy atom. The first kappa shape index (κ1) is 12.1. The molecule has 1 amide bonds. The molecule has 4 nitrogen and oxygen atoms in total. The summed E-state index contributed by atoms with van der Waals surface area (Å²) in [5, 5.41) is 4.46. The average Bonchev–Trinajstić information content (AvgIpc) is 2.82. The number of carbonyl (C=O) groups is 1. The highest BCUT2D eigenvalue weighted by Gasteiger charge is 2.09. The number of hydrogen-bond acceptors (Lipinski definition) is 4. The molecule has 0 spiro atoms. The lowest BCUT2D eigenvalue weighted by atomic mass is 10.3. The predicted octanol–water partition coefficient (Wildman–Crippen LogP) is 3.17. The van der Waals surface area contributed by atoms with E-state index >= 15 is 0 Å². The Balaban J connectivity index is 2.14. The van der Waals surface area contributed by atoms with Gasteiger partial charge < -0.3 is 10.1 Å². The van der Waals surface area contributed by atoms with E-state index in [2.05, 4.69) is 26.2 Å². The summed E-state index contributed by atoms with van der Waals surface area (Å²) in [6, 6.07) is 5.33. The van der Waals surface area contributed by atoms with Crippen molar-refractivity contribution in [2.45, 2.75) is 0 Å². The summed E-state index contributed by atoms with van der Waals surface area (Å²) in [5.41, 5.74) is 2.73. The van der Waals surface area contributed by atoms with Gasteiger partial charge in [0.15, 0.2) is 0 Å². The molecule has 1 heterocycles. The van der Waals surface area contributed by atoms with Crippen LogP contribution in [0.5, 0.6) is 5.75 Å². The lowest BCUT2D eigenvalue weighted by Gasteiger charge is -2.07. The van der Waals surface area contributed by atoms with Crippen LogP contribution in [0.3, 0.4) is 0 Å². The number of anilines is 1. The van der Waals surface area contributed by atoms with Crippen molar-refractivity contribution < 1.29 is 9.53 Å². The second-order valence-corrected chi connectivity index (χ2v) is 4.75. The average molecular weight is 313 g/mol. The van der Waals surface area contributed by atoms with Crippen LogP contribution >= 0.6 is 27.3 Å². The number of rotatable bonds is 3. The van der Waals surface area contributed by atoms with E-state index in [1.165, 1.54) is 11.3 Å². The molecule has 0 aliphatic carbocycles. The highest BCUT2D eigenvalue weighted by Crippen LogP contribution is 2.27. The fourth-order valence-electron chi connectivity index (χ4n) is 1.26. The summed E-state index contributed by atoms with van der Waals surface area (Å²) in [4.78, 5) is 15.7. The van der Waals surface area contributed by atoms with Gasteiger partial charge in [0.25, 0.3) is 5.91 Å². The Bertz CT molecular complexity index is 528. The van der Waals surface area contributed by atoms with Gasteiger partial charge >= 0.3 is 0 Å². The number of benzene rings is 1. The van der Waals surface area contributed by atoms with E-state index in [-0.39, 0.29) is 5.91 Å². The number of hydrogen-bond donors (Lipinski definition) is 1. The van der Waals surface area contributed by atoms with Crippen molar-refractivity contribution in [3.8, 4) is 5.75 Å². The van der Waals surface area contributed by atoms with E-state index in [1.807, 2.05) is 0 Å². The van der Waals surface area contributed by atoms with Crippen LogP contribution < -0.4 is 10.1 Å². The minimum atomic E-state index is -0.219. The number of carbonyl (C=O) groups excluding carboxylic acids is 1. The number of ether oxygens (including phenoxy) is 1. The summed E-state index contributed by atoms with van der Waals surface area (Å²) in [5.74, 6) is 0.500. The minimum Gasteiger partial charge on any atom is -0.496 e. The van der Waals surface area contributed by atoms with Gasteiger partial charge in [0, 0.05) is 11.1 Å². The van der Waals surface area contributed by atoms with E-state index < -0.39 is 0 Å². The number of thiazole rings is 1. The molecule has 0 unspecified atom stereocenters. The smallest absolute Gasteiger partial charge is 0.275 e. The van der Waals surface area contributed by atoms with Crippen LogP contribution in [-0.4, -0.2) is 18.0 Å². The second kappa shape index (κ2) is 5.29. The Labute approximate surface area is 111 Å². The van der Waals surface area contributed by atoms with Gasteiger partial charge in [-0.3, -0.25) is 4.79 Å². The Morgan fingerprint density at radius 2 is 2.35 bits per heavy atom. The fraction of sp³-hybridized carbons (Fsp3) is 0.0909. The van der Waals surface area contributed by atoms with E-state index in [1.54, 1.807) is 36.2 Å². The molecule has 0 atom stereocenters. The summed E-state index contributed by atoms with van der Waals surface area (Å²) in [7, 11) is 1.59. The van der Waals surface area contributed by atoms with Crippen LogP contribution in [0.4, 0.5) is 5.69 Å². The monoisotopic (exact) mass is 312 g/mol. The number of nitrogens with one attached hydrogen (secondary N) is 1. The highest BCUT2D eigenvalue weighted by atomic mass is 79.9. The van der Waals surface area contributed by atoms with Crippen molar-refractivity contribution in [3.05, 3.63) is 39.3 Å². The third kappa shape index (κ3) is 2.83. The van der Waals surface area contributed by atoms with Gasteiger partial charge in [0.1, 0.15) is 11.4 Å². The number of aromatic nitrogens is 1. The SMILES string of the molecule is COc1ccc(NC(=O)c2cscn2)cc1Br. The van der Waals surface area contributed by atoms with Crippen molar-refractivity contribution in [1.82, 2.24) is 4.98 Å². The molecule has 17 heavy (non-hydrogen) atoms. The van der Waals surface area contributed by atoms with E-state index in [9.17, 15) is 4.79 Å². The quantitative estimate of drug-likeness (QED) is 0.947. The standard InChI is InChI=1S/C11H9BrN2O2S/c1-16-10-3-2-7(4-8(10)12)14-11(15)9-5-17-6-13-9/h2-6H,1H3,(H,14,15). The van der Waals surface area contributed by atoms with Gasteiger partial charge in [-0.05, 0) is 34.1 Å². The van der Waals surface area contributed by atoms with Crippen molar-refractivity contribution >= 4 is 38.9 Å². The zero-order valence-corrected chi connectivity index (χ0v) is 11.3. The molecule has 2 aromatic rings. The number of amides is 1. The molecule has 0 radical (unpaired) electrons. The fourth-order valence-corrected chi connectivity index (χ4v) is 2.34. The Kier molecular flexibility index (Phi) is 3.75. The van der Waals surface area contributed by atoms with Crippen molar-refractivity contribution in [2.24, 2.45) is 0 Å². The molecule has 6 heteroatoms. The molecule has 1 N–H and O–H groups in total. The zero-order chi connectivity index (χ0) is 12.3. The topological polar surface area (TPSA) is 51.2 Å². The van der Waals surface area contributed by atoms with Gasteiger partial charge in [-0.2, -0.15) is 0 Å². The summed E-state index contributed by atoms with van der Waals surface area (Å²) < 4.78 is 5.89. The van der Waals surface area contributed by atoms with E-state index in [4.69, 9.17) is 4.74 Å². The number of nitrogens with zero attached hydrogens (tertiary/aromatic N) is 1. The first-order valence-electron chi connectivity index (χ1n) is 4.74. The van der Waals surface area contributed by atoms with Crippen LogP contribution in [-0.2, 0) is 0 Å². The molecule has 2 rings (SSSR count). The first-order chi connectivity index (χ1) is 8.20. The van der Waals surface area contributed by atoms with Crippen LogP contribution in [0.15, 0.2) is 33.6 Å².